The zero-order chi connectivity index (χ0) is 12.3. The summed E-state index contributed by atoms with van der Waals surface area (Å²) in [6.07, 6.45) is 2.97. The summed E-state index contributed by atoms with van der Waals surface area (Å²) in [4.78, 5) is 11.0. The standard InChI is InChI=1S/C13H16INO2/c1-9(16)6-10-2-4-12(5-3-10)17-13-7-11(8-13)15-14/h2-5,11,13,15H,6-8H2,1H3/t11-,13+. The lowest BCUT2D eigenvalue weighted by molar-refractivity contribution is -0.116. The number of hydrogen-bond acceptors (Lipinski definition) is 3. The Bertz CT molecular complexity index is 385. The van der Waals surface area contributed by atoms with Crippen molar-refractivity contribution >= 4 is 28.6 Å². The minimum atomic E-state index is 0.189. The van der Waals surface area contributed by atoms with Crippen LogP contribution in [0.2, 0.25) is 0 Å². The van der Waals surface area contributed by atoms with Gasteiger partial charge in [0.15, 0.2) is 0 Å². The highest BCUT2D eigenvalue weighted by Crippen LogP contribution is 2.26. The molecule has 1 aliphatic carbocycles. The van der Waals surface area contributed by atoms with Crippen LogP contribution in [0.3, 0.4) is 0 Å². The first-order valence-corrected chi connectivity index (χ1v) is 6.86. The molecule has 1 saturated carbocycles. The van der Waals surface area contributed by atoms with Crippen molar-refractivity contribution in [3.8, 4) is 5.75 Å². The topological polar surface area (TPSA) is 38.3 Å². The van der Waals surface area contributed by atoms with E-state index in [1.807, 2.05) is 24.3 Å². The van der Waals surface area contributed by atoms with Crippen LogP contribution in [-0.2, 0) is 11.2 Å². The predicted molar refractivity (Wildman–Crippen MR) is 75.4 cm³/mol. The van der Waals surface area contributed by atoms with Gasteiger partial charge in [0.25, 0.3) is 0 Å². The third-order valence-electron chi connectivity index (χ3n) is 2.93. The monoisotopic (exact) mass is 345 g/mol. The highest BCUT2D eigenvalue weighted by Gasteiger charge is 2.29. The van der Waals surface area contributed by atoms with Crippen LogP contribution < -0.4 is 8.27 Å². The van der Waals surface area contributed by atoms with Gasteiger partial charge in [-0.2, -0.15) is 0 Å². The molecule has 0 unspecified atom stereocenters. The van der Waals surface area contributed by atoms with E-state index >= 15 is 0 Å². The summed E-state index contributed by atoms with van der Waals surface area (Å²) in [5, 5.41) is 0. The van der Waals surface area contributed by atoms with E-state index < -0.39 is 0 Å². The van der Waals surface area contributed by atoms with Crippen LogP contribution in [-0.4, -0.2) is 17.9 Å². The molecule has 0 aromatic heterocycles. The van der Waals surface area contributed by atoms with E-state index in [4.69, 9.17) is 4.74 Å². The van der Waals surface area contributed by atoms with Crippen LogP contribution in [0.1, 0.15) is 25.3 Å². The van der Waals surface area contributed by atoms with Crippen LogP contribution in [0.4, 0.5) is 0 Å². The van der Waals surface area contributed by atoms with Gasteiger partial charge in [0, 0.05) is 48.2 Å². The SMILES string of the molecule is CC(=O)Cc1ccc(O[C@H]2C[C@@H](NI)C2)cc1. The lowest BCUT2D eigenvalue weighted by atomic mass is 9.90. The Hall–Kier alpha value is -0.620. The minimum Gasteiger partial charge on any atom is -0.490 e. The fourth-order valence-electron chi connectivity index (χ4n) is 1.92. The average Bonchev–Trinajstić information content (AvgIpc) is 2.24. The van der Waals surface area contributed by atoms with Crippen molar-refractivity contribution in [2.24, 2.45) is 0 Å². The minimum absolute atomic E-state index is 0.189. The third-order valence-corrected chi connectivity index (χ3v) is 3.81. The molecule has 0 heterocycles. The fraction of sp³-hybridized carbons (Fsp3) is 0.462. The van der Waals surface area contributed by atoms with E-state index in [2.05, 4.69) is 26.4 Å². The molecule has 2 rings (SSSR count). The van der Waals surface area contributed by atoms with Gasteiger partial charge < -0.3 is 4.74 Å². The van der Waals surface area contributed by atoms with Gasteiger partial charge in [-0.25, -0.2) is 0 Å². The number of benzene rings is 1. The molecule has 1 aliphatic rings. The molecule has 0 bridgehead atoms. The number of hydrogen-bond donors (Lipinski definition) is 1. The van der Waals surface area contributed by atoms with Crippen LogP contribution >= 0.6 is 22.9 Å². The Morgan fingerprint density at radius 2 is 2.06 bits per heavy atom. The molecule has 1 aromatic rings. The van der Waals surface area contributed by atoms with Crippen molar-refractivity contribution in [2.75, 3.05) is 0 Å². The summed E-state index contributed by atoms with van der Waals surface area (Å²) in [6.45, 7) is 1.61. The molecule has 3 nitrogen and oxygen atoms in total. The maximum absolute atomic E-state index is 11.0. The highest BCUT2D eigenvalue weighted by atomic mass is 127. The maximum Gasteiger partial charge on any atom is 0.134 e. The lowest BCUT2D eigenvalue weighted by Gasteiger charge is -2.34. The van der Waals surface area contributed by atoms with E-state index in [1.165, 1.54) is 0 Å². The van der Waals surface area contributed by atoms with Gasteiger partial charge in [0.2, 0.25) is 0 Å². The fourth-order valence-corrected chi connectivity index (χ4v) is 2.43. The van der Waals surface area contributed by atoms with Crippen molar-refractivity contribution in [3.63, 3.8) is 0 Å². The number of Topliss-reactive ketones (excluding diaryl/α,β-unsaturated/α-hetero) is 1. The Morgan fingerprint density at radius 1 is 1.41 bits per heavy atom. The first kappa shape index (κ1) is 12.8. The normalized spacial score (nSPS) is 22.9. The number of ether oxygens (including phenoxy) is 1. The van der Waals surface area contributed by atoms with Crippen LogP contribution in [0.5, 0.6) is 5.75 Å². The molecular formula is C13H16INO2. The van der Waals surface area contributed by atoms with Crippen molar-refractivity contribution in [3.05, 3.63) is 29.8 Å². The molecule has 1 fully saturated rings. The van der Waals surface area contributed by atoms with Gasteiger partial charge in [-0.1, -0.05) is 12.1 Å². The molecule has 0 atom stereocenters. The van der Waals surface area contributed by atoms with E-state index in [0.29, 0.717) is 18.6 Å². The number of halogens is 1. The third kappa shape index (κ3) is 3.67. The molecule has 1 aromatic carbocycles. The lowest BCUT2D eigenvalue weighted by Crippen LogP contribution is -2.43. The summed E-state index contributed by atoms with van der Waals surface area (Å²) in [7, 11) is 0. The molecule has 0 amide bonds. The molecule has 1 N–H and O–H groups in total. The van der Waals surface area contributed by atoms with Gasteiger partial charge in [-0.05, 0) is 24.6 Å². The van der Waals surface area contributed by atoms with Crippen molar-refractivity contribution in [2.45, 2.75) is 38.3 Å². The van der Waals surface area contributed by atoms with Crippen molar-refractivity contribution < 1.29 is 9.53 Å². The molecule has 0 radical (unpaired) electrons. The molecule has 4 heteroatoms. The van der Waals surface area contributed by atoms with Crippen molar-refractivity contribution in [1.82, 2.24) is 3.53 Å². The molecule has 92 valence electrons. The Kier molecular flexibility index (Phi) is 4.39. The average molecular weight is 345 g/mol. The van der Waals surface area contributed by atoms with E-state index in [9.17, 15) is 4.79 Å². The molecular weight excluding hydrogens is 329 g/mol. The predicted octanol–water partition coefficient (Wildman–Crippen LogP) is 2.67. The summed E-state index contributed by atoms with van der Waals surface area (Å²) in [5.41, 5.74) is 1.05. The first-order chi connectivity index (χ1) is 8.17. The number of ketones is 1. The highest BCUT2D eigenvalue weighted by molar-refractivity contribution is 14.1. The quantitative estimate of drug-likeness (QED) is 0.659. The number of carbonyl (C=O) groups is 1. The van der Waals surface area contributed by atoms with Crippen LogP contribution in [0.25, 0.3) is 0 Å². The number of nitrogens with one attached hydrogen (secondary N) is 1. The Balaban J connectivity index is 1.84. The maximum atomic E-state index is 11.0. The summed E-state index contributed by atoms with van der Waals surface area (Å²) in [6, 6.07) is 8.41. The smallest absolute Gasteiger partial charge is 0.134 e. The summed E-state index contributed by atoms with van der Waals surface area (Å²) in [5.74, 6) is 1.09. The second kappa shape index (κ2) is 5.82. The molecule has 17 heavy (non-hydrogen) atoms. The number of carbonyl (C=O) groups excluding carboxylic acids is 1. The van der Waals surface area contributed by atoms with Gasteiger partial charge >= 0.3 is 0 Å². The van der Waals surface area contributed by atoms with Crippen LogP contribution in [0.15, 0.2) is 24.3 Å². The van der Waals surface area contributed by atoms with Gasteiger partial charge in [0.05, 0.1) is 0 Å². The first-order valence-electron chi connectivity index (χ1n) is 5.78. The molecule has 0 saturated heterocycles. The van der Waals surface area contributed by atoms with Crippen LogP contribution in [0, 0.1) is 0 Å². The van der Waals surface area contributed by atoms with Crippen molar-refractivity contribution in [1.29, 1.82) is 0 Å². The van der Waals surface area contributed by atoms with Gasteiger partial charge in [0.1, 0.15) is 17.6 Å². The Morgan fingerprint density at radius 3 is 2.59 bits per heavy atom. The molecule has 0 spiro atoms. The van der Waals surface area contributed by atoms with E-state index in [-0.39, 0.29) is 5.78 Å². The summed E-state index contributed by atoms with van der Waals surface area (Å²) < 4.78 is 9.01. The summed E-state index contributed by atoms with van der Waals surface area (Å²) >= 11 is 2.18. The zero-order valence-corrected chi connectivity index (χ0v) is 11.9. The second-order valence-corrected chi connectivity index (χ2v) is 5.16. The van der Waals surface area contributed by atoms with E-state index in [1.54, 1.807) is 6.92 Å². The van der Waals surface area contributed by atoms with Gasteiger partial charge in [-0.3, -0.25) is 8.32 Å². The number of rotatable bonds is 5. The zero-order valence-electron chi connectivity index (χ0n) is 9.78. The Labute approximate surface area is 115 Å². The molecule has 0 aliphatic heterocycles. The van der Waals surface area contributed by atoms with Gasteiger partial charge in [-0.15, -0.1) is 0 Å². The largest absolute Gasteiger partial charge is 0.490 e. The van der Waals surface area contributed by atoms with E-state index in [0.717, 1.165) is 24.2 Å². The second-order valence-electron chi connectivity index (χ2n) is 4.54.